The second-order valence-electron chi connectivity index (χ2n) is 9.06. The van der Waals surface area contributed by atoms with Crippen LogP contribution in [-0.4, -0.2) is 67.9 Å². The molecule has 0 unspecified atom stereocenters. The molecule has 0 bridgehead atoms. The maximum atomic E-state index is 13.3. The molecule has 0 aromatic heterocycles. The van der Waals surface area contributed by atoms with Gasteiger partial charge in [0, 0.05) is 39.8 Å². The summed E-state index contributed by atoms with van der Waals surface area (Å²) in [7, 11) is 3.19. The van der Waals surface area contributed by atoms with Crippen molar-refractivity contribution in [1.82, 2.24) is 9.80 Å². The average molecular weight is 415 g/mol. The summed E-state index contributed by atoms with van der Waals surface area (Å²) in [4.78, 5) is 29.1. The molecule has 1 aromatic carbocycles. The van der Waals surface area contributed by atoms with Gasteiger partial charge in [-0.2, -0.15) is 9.48 Å². The predicted octanol–water partition coefficient (Wildman–Crippen LogP) is 1.97. The Morgan fingerprint density at radius 1 is 0.767 bits per heavy atom. The monoisotopic (exact) mass is 414 g/mol. The maximum Gasteiger partial charge on any atom is 0.325 e. The molecule has 162 valence electrons. The van der Waals surface area contributed by atoms with Gasteiger partial charge in [0.25, 0.3) is 22.7 Å². The molecule has 2 amide bonds. The van der Waals surface area contributed by atoms with Gasteiger partial charge in [-0.05, 0) is 12.1 Å². The number of hydrogen-bond acceptors (Lipinski definition) is 4. The maximum absolute atomic E-state index is 13.3. The standard InChI is InChI=1S/C22H30N4O4/c1-13(2)21(5)23(7)19(27)17(25(21)29)15-11-9-10-12-16(15)18-20(28)24(8)22(6,14(3)4)26(18)30/h9-14H,1-8H3/t21-,22-/m0/s1. The van der Waals surface area contributed by atoms with Crippen LogP contribution in [0.15, 0.2) is 24.3 Å². The SMILES string of the molecule is CC(C)[C@@]1(C)N(C)C(=O)C(c2ccccc2C2=[N+]([O-])[C@@](C)(C(C)C)N(C)C2=O)=[N+]1[O-]. The molecule has 0 saturated heterocycles. The number of hydrogen-bond donors (Lipinski definition) is 0. The molecule has 8 heteroatoms. The highest BCUT2D eigenvalue weighted by molar-refractivity contribution is 6.50. The molecule has 2 aliphatic rings. The van der Waals surface area contributed by atoms with Crippen LogP contribution in [0.5, 0.6) is 0 Å². The molecule has 8 nitrogen and oxygen atoms in total. The molecule has 0 radical (unpaired) electrons. The lowest BCUT2D eigenvalue weighted by Crippen LogP contribution is -2.51. The molecule has 1 aromatic rings. The van der Waals surface area contributed by atoms with E-state index in [4.69, 9.17) is 0 Å². The Bertz CT molecular complexity index is 918. The largest absolute Gasteiger partial charge is 0.621 e. The lowest BCUT2D eigenvalue weighted by molar-refractivity contribution is -0.571. The molecular formula is C22H30N4O4. The zero-order valence-corrected chi connectivity index (χ0v) is 18.9. The van der Waals surface area contributed by atoms with Gasteiger partial charge in [0.2, 0.25) is 0 Å². The van der Waals surface area contributed by atoms with Crippen molar-refractivity contribution in [3.05, 3.63) is 45.8 Å². The van der Waals surface area contributed by atoms with Gasteiger partial charge in [-0.3, -0.25) is 19.4 Å². The van der Waals surface area contributed by atoms with Crippen LogP contribution in [0.3, 0.4) is 0 Å². The summed E-state index contributed by atoms with van der Waals surface area (Å²) in [6.07, 6.45) is 0. The summed E-state index contributed by atoms with van der Waals surface area (Å²) in [6.45, 7) is 10.9. The van der Waals surface area contributed by atoms with Crippen molar-refractivity contribution >= 4 is 23.2 Å². The molecule has 0 fully saturated rings. The minimum absolute atomic E-state index is 0.0567. The molecule has 0 spiro atoms. The summed E-state index contributed by atoms with van der Waals surface area (Å²) < 4.78 is 1.44. The van der Waals surface area contributed by atoms with Crippen LogP contribution in [0.4, 0.5) is 0 Å². The molecule has 2 atom stereocenters. The van der Waals surface area contributed by atoms with Crippen molar-refractivity contribution in [2.75, 3.05) is 14.1 Å². The fourth-order valence-electron chi connectivity index (χ4n) is 4.22. The normalized spacial score (nSPS) is 27.5. The summed E-state index contributed by atoms with van der Waals surface area (Å²) in [5.41, 5.74) is -1.66. The highest BCUT2D eigenvalue weighted by atomic mass is 16.5. The van der Waals surface area contributed by atoms with Gasteiger partial charge in [-0.1, -0.05) is 39.8 Å². The van der Waals surface area contributed by atoms with E-state index in [1.165, 1.54) is 9.80 Å². The molecule has 0 aliphatic carbocycles. The van der Waals surface area contributed by atoms with Crippen molar-refractivity contribution in [2.24, 2.45) is 11.8 Å². The molecule has 2 aliphatic heterocycles. The number of carbonyl (C=O) groups is 2. The number of carbonyl (C=O) groups excluding carboxylic acids is 2. The van der Waals surface area contributed by atoms with Crippen LogP contribution in [0.1, 0.15) is 52.7 Å². The van der Waals surface area contributed by atoms with E-state index in [1.807, 2.05) is 27.7 Å². The fraction of sp³-hybridized carbons (Fsp3) is 0.545. The topological polar surface area (TPSA) is 92.8 Å². The first-order valence-corrected chi connectivity index (χ1v) is 10.2. The van der Waals surface area contributed by atoms with Crippen LogP contribution in [0, 0.1) is 22.3 Å². The van der Waals surface area contributed by atoms with E-state index >= 15 is 0 Å². The number of amides is 2. The predicted molar refractivity (Wildman–Crippen MR) is 114 cm³/mol. The Kier molecular flexibility index (Phi) is 4.96. The third-order valence-electron chi connectivity index (χ3n) is 7.23. The van der Waals surface area contributed by atoms with Crippen LogP contribution < -0.4 is 0 Å². The average Bonchev–Trinajstić information content (AvgIpc) is 2.98. The number of likely N-dealkylation sites (N-methyl/N-ethyl adjacent to an activating group) is 2. The minimum atomic E-state index is -1.07. The zero-order valence-electron chi connectivity index (χ0n) is 18.9. The number of rotatable bonds is 4. The van der Waals surface area contributed by atoms with Gasteiger partial charge in [-0.15, -0.1) is 0 Å². The second kappa shape index (κ2) is 6.82. The Morgan fingerprint density at radius 3 is 1.30 bits per heavy atom. The van der Waals surface area contributed by atoms with Gasteiger partial charge < -0.3 is 10.4 Å². The number of benzene rings is 1. The fourth-order valence-corrected chi connectivity index (χ4v) is 4.22. The Morgan fingerprint density at radius 2 is 1.07 bits per heavy atom. The molecule has 3 rings (SSSR count). The highest BCUT2D eigenvalue weighted by Crippen LogP contribution is 2.34. The highest BCUT2D eigenvalue weighted by Gasteiger charge is 2.57. The van der Waals surface area contributed by atoms with Gasteiger partial charge in [0.15, 0.2) is 0 Å². The third kappa shape index (κ3) is 2.52. The smallest absolute Gasteiger partial charge is 0.325 e. The van der Waals surface area contributed by atoms with E-state index in [9.17, 15) is 20.0 Å². The molecular weight excluding hydrogens is 384 g/mol. The first-order chi connectivity index (χ1) is 13.8. The lowest BCUT2D eigenvalue weighted by atomic mass is 9.97. The van der Waals surface area contributed by atoms with Gasteiger partial charge in [0.05, 0.1) is 11.1 Å². The molecule has 0 saturated carbocycles. The van der Waals surface area contributed by atoms with Crippen LogP contribution in [-0.2, 0) is 9.59 Å². The van der Waals surface area contributed by atoms with Crippen molar-refractivity contribution < 1.29 is 19.1 Å². The number of hydroxylamine groups is 2. The van der Waals surface area contributed by atoms with Gasteiger partial charge in [-0.25, -0.2) is 0 Å². The number of nitrogens with zero attached hydrogens (tertiary/aromatic N) is 4. The van der Waals surface area contributed by atoms with E-state index < -0.39 is 23.1 Å². The van der Waals surface area contributed by atoms with Crippen LogP contribution in [0.2, 0.25) is 0 Å². The molecule has 2 heterocycles. The van der Waals surface area contributed by atoms with Crippen LogP contribution >= 0.6 is 0 Å². The van der Waals surface area contributed by atoms with E-state index in [-0.39, 0.29) is 23.3 Å². The van der Waals surface area contributed by atoms with Crippen molar-refractivity contribution in [3.63, 3.8) is 0 Å². The summed E-state index contributed by atoms with van der Waals surface area (Å²) in [6, 6.07) is 6.62. The lowest BCUT2D eigenvalue weighted by Gasteiger charge is -2.33. The zero-order chi connectivity index (χ0) is 22.8. The summed E-state index contributed by atoms with van der Waals surface area (Å²) in [5, 5.41) is 26.7. The Balaban J connectivity index is 2.30. The van der Waals surface area contributed by atoms with Crippen molar-refractivity contribution in [1.29, 1.82) is 0 Å². The van der Waals surface area contributed by atoms with Crippen molar-refractivity contribution in [2.45, 2.75) is 52.9 Å². The van der Waals surface area contributed by atoms with Gasteiger partial charge >= 0.3 is 11.8 Å². The van der Waals surface area contributed by atoms with E-state index in [1.54, 1.807) is 52.2 Å². The van der Waals surface area contributed by atoms with E-state index in [0.29, 0.717) is 11.1 Å². The summed E-state index contributed by atoms with van der Waals surface area (Å²) in [5.74, 6) is -1.14. The third-order valence-corrected chi connectivity index (χ3v) is 7.23. The Hall–Kier alpha value is -2.90. The van der Waals surface area contributed by atoms with E-state index in [0.717, 1.165) is 9.48 Å². The van der Waals surface area contributed by atoms with Gasteiger partial charge in [0.1, 0.15) is 0 Å². The first kappa shape index (κ1) is 21.8. The minimum Gasteiger partial charge on any atom is -0.621 e. The second-order valence-corrected chi connectivity index (χ2v) is 9.06. The summed E-state index contributed by atoms with van der Waals surface area (Å²) >= 11 is 0. The molecule has 30 heavy (non-hydrogen) atoms. The molecule has 0 N–H and O–H groups in total. The van der Waals surface area contributed by atoms with Crippen LogP contribution in [0.25, 0.3) is 0 Å². The van der Waals surface area contributed by atoms with Crippen molar-refractivity contribution in [3.8, 4) is 0 Å². The quantitative estimate of drug-likeness (QED) is 0.556. The Labute approximate surface area is 177 Å². The van der Waals surface area contributed by atoms with E-state index in [2.05, 4.69) is 0 Å². The first-order valence-electron chi connectivity index (χ1n) is 10.2.